The SMILES string of the molecule is COc1ccc2ncc(Cl)c([C@H](O)CCC3(CC(=O)O)CCN(CCSc4ccccc4Cl)CC3)c2c1. The number of thioether (sulfide) groups is 1. The number of aliphatic hydroxyl groups excluding tert-OH is 1. The number of ether oxygens (including phenoxy) is 1. The highest BCUT2D eigenvalue weighted by Crippen LogP contribution is 2.43. The van der Waals surface area contributed by atoms with Crippen LogP contribution in [0.4, 0.5) is 0 Å². The molecular formula is C28H32Cl2N2O4S. The van der Waals surface area contributed by atoms with Gasteiger partial charge in [0.15, 0.2) is 0 Å². The fourth-order valence-corrected chi connectivity index (χ4v) is 6.68. The number of aliphatic carboxylic acids is 1. The highest BCUT2D eigenvalue weighted by molar-refractivity contribution is 7.99. The van der Waals surface area contributed by atoms with Gasteiger partial charge in [-0.25, -0.2) is 0 Å². The molecule has 2 aromatic carbocycles. The molecule has 0 saturated carbocycles. The lowest BCUT2D eigenvalue weighted by atomic mass is 9.71. The molecule has 198 valence electrons. The molecule has 1 aliphatic heterocycles. The van der Waals surface area contributed by atoms with Crippen LogP contribution in [0.25, 0.3) is 10.9 Å². The third kappa shape index (κ3) is 7.09. The van der Waals surface area contributed by atoms with E-state index >= 15 is 0 Å². The highest BCUT2D eigenvalue weighted by atomic mass is 35.5. The third-order valence-electron chi connectivity index (χ3n) is 7.29. The number of benzene rings is 2. The number of halogens is 2. The Hall–Kier alpha value is -2.03. The van der Waals surface area contributed by atoms with Crippen molar-refractivity contribution in [2.45, 2.75) is 43.1 Å². The average molecular weight is 564 g/mol. The van der Waals surface area contributed by atoms with Gasteiger partial charge in [0.05, 0.1) is 35.2 Å². The first-order chi connectivity index (χ1) is 17.8. The summed E-state index contributed by atoms with van der Waals surface area (Å²) in [7, 11) is 1.59. The molecule has 9 heteroatoms. The van der Waals surface area contributed by atoms with Crippen molar-refractivity contribution in [3.8, 4) is 5.75 Å². The van der Waals surface area contributed by atoms with Gasteiger partial charge < -0.3 is 19.8 Å². The number of nitrogens with zero attached hydrogens (tertiary/aromatic N) is 2. The highest BCUT2D eigenvalue weighted by Gasteiger charge is 2.37. The van der Waals surface area contributed by atoms with Crippen LogP contribution >= 0.6 is 35.0 Å². The summed E-state index contributed by atoms with van der Waals surface area (Å²) in [5.41, 5.74) is 0.985. The molecule has 3 aromatic rings. The summed E-state index contributed by atoms with van der Waals surface area (Å²) >= 11 is 14.5. The molecule has 6 nitrogen and oxygen atoms in total. The molecule has 0 bridgehead atoms. The average Bonchev–Trinajstić information content (AvgIpc) is 2.89. The fraction of sp³-hybridized carbons (Fsp3) is 0.429. The van der Waals surface area contributed by atoms with E-state index in [9.17, 15) is 15.0 Å². The van der Waals surface area contributed by atoms with Crippen molar-refractivity contribution < 1.29 is 19.7 Å². The first-order valence-corrected chi connectivity index (χ1v) is 14.2. The predicted molar refractivity (Wildman–Crippen MR) is 150 cm³/mol. The van der Waals surface area contributed by atoms with Gasteiger partial charge in [0.1, 0.15) is 5.75 Å². The molecule has 1 atom stereocenters. The number of methoxy groups -OCH3 is 1. The van der Waals surface area contributed by atoms with Gasteiger partial charge in [0, 0.05) is 34.3 Å². The standard InChI is InChI=1S/C28H32Cl2N2O4S/c1-36-19-6-7-23-20(16-19)27(22(30)18-31-23)24(33)8-9-28(17-26(34)35)10-12-32(13-11-28)14-15-37-25-5-3-2-4-21(25)29/h2-7,16,18,24,33H,8-15,17H2,1H3,(H,34,35)/t24-/m1/s1. The lowest BCUT2D eigenvalue weighted by molar-refractivity contribution is -0.141. The predicted octanol–water partition coefficient (Wildman–Crippen LogP) is 6.71. The lowest BCUT2D eigenvalue weighted by Gasteiger charge is -2.41. The van der Waals surface area contributed by atoms with E-state index in [0.717, 1.165) is 59.0 Å². The second-order valence-corrected chi connectivity index (χ2v) is 11.6. The van der Waals surface area contributed by atoms with Gasteiger partial charge >= 0.3 is 5.97 Å². The van der Waals surface area contributed by atoms with E-state index in [1.165, 1.54) is 0 Å². The lowest BCUT2D eigenvalue weighted by Crippen LogP contribution is -2.42. The number of aliphatic hydroxyl groups is 1. The Labute approximate surface area is 231 Å². The van der Waals surface area contributed by atoms with Gasteiger partial charge in [0.25, 0.3) is 0 Å². The molecular weight excluding hydrogens is 531 g/mol. The van der Waals surface area contributed by atoms with E-state index in [4.69, 9.17) is 27.9 Å². The number of likely N-dealkylation sites (tertiary alicyclic amines) is 1. The minimum atomic E-state index is -0.833. The van der Waals surface area contributed by atoms with Gasteiger partial charge in [-0.2, -0.15) is 0 Å². The van der Waals surface area contributed by atoms with Crippen LogP contribution in [0.5, 0.6) is 5.75 Å². The summed E-state index contributed by atoms with van der Waals surface area (Å²) in [6.07, 6.45) is 3.41. The van der Waals surface area contributed by atoms with Crippen LogP contribution in [-0.4, -0.2) is 58.6 Å². The Morgan fingerprint density at radius 3 is 2.65 bits per heavy atom. The Kier molecular flexibility index (Phi) is 9.59. The zero-order valence-electron chi connectivity index (χ0n) is 20.8. The number of carboxylic acids is 1. The van der Waals surface area contributed by atoms with Crippen LogP contribution in [0.15, 0.2) is 53.6 Å². The van der Waals surface area contributed by atoms with Gasteiger partial charge in [-0.05, 0) is 74.5 Å². The molecule has 0 amide bonds. The van der Waals surface area contributed by atoms with E-state index in [1.807, 2.05) is 42.5 Å². The van der Waals surface area contributed by atoms with Crippen molar-refractivity contribution in [3.05, 3.63) is 64.3 Å². The third-order valence-corrected chi connectivity index (χ3v) is 9.09. The molecule has 2 N–H and O–H groups in total. The Morgan fingerprint density at radius 2 is 1.95 bits per heavy atom. The topological polar surface area (TPSA) is 82.9 Å². The minimum Gasteiger partial charge on any atom is -0.497 e. The molecule has 1 saturated heterocycles. The molecule has 1 aliphatic rings. The van der Waals surface area contributed by atoms with E-state index in [-0.39, 0.29) is 11.8 Å². The quantitative estimate of drug-likeness (QED) is 0.251. The molecule has 1 aromatic heterocycles. The molecule has 37 heavy (non-hydrogen) atoms. The van der Waals surface area contributed by atoms with Crippen LogP contribution in [0.3, 0.4) is 0 Å². The van der Waals surface area contributed by atoms with Gasteiger partial charge in [-0.3, -0.25) is 9.78 Å². The van der Waals surface area contributed by atoms with E-state index in [2.05, 4.69) is 9.88 Å². The minimum absolute atomic E-state index is 0.0978. The van der Waals surface area contributed by atoms with E-state index in [0.29, 0.717) is 29.2 Å². The van der Waals surface area contributed by atoms with E-state index < -0.39 is 12.1 Å². The maximum Gasteiger partial charge on any atom is 0.303 e. The number of hydrogen-bond acceptors (Lipinski definition) is 6. The number of piperidine rings is 1. The maximum absolute atomic E-state index is 11.8. The number of carbonyl (C=O) groups is 1. The number of hydrogen-bond donors (Lipinski definition) is 2. The molecule has 0 aliphatic carbocycles. The van der Waals surface area contributed by atoms with Crippen LogP contribution in [0.2, 0.25) is 10.0 Å². The first-order valence-electron chi connectivity index (χ1n) is 12.4. The number of fused-ring (bicyclic) bond motifs is 1. The smallest absolute Gasteiger partial charge is 0.303 e. The molecule has 0 radical (unpaired) electrons. The van der Waals surface area contributed by atoms with Crippen molar-refractivity contribution in [1.29, 1.82) is 0 Å². The monoisotopic (exact) mass is 562 g/mol. The first kappa shape index (κ1) is 28.0. The Bertz CT molecular complexity index is 1230. The summed E-state index contributed by atoms with van der Waals surface area (Å²) in [6, 6.07) is 13.3. The molecule has 0 unspecified atom stereocenters. The summed E-state index contributed by atoms with van der Waals surface area (Å²) in [5.74, 6) is 0.785. The molecule has 0 spiro atoms. The molecule has 1 fully saturated rings. The number of pyridine rings is 1. The van der Waals surface area contributed by atoms with Gasteiger partial charge in [-0.1, -0.05) is 35.3 Å². The van der Waals surface area contributed by atoms with Gasteiger partial charge in [0.2, 0.25) is 0 Å². The zero-order chi connectivity index (χ0) is 26.4. The van der Waals surface area contributed by atoms with Crippen LogP contribution in [0, 0.1) is 5.41 Å². The number of carboxylic acid groups (broad SMARTS) is 1. The van der Waals surface area contributed by atoms with Crippen LogP contribution in [0.1, 0.15) is 43.8 Å². The van der Waals surface area contributed by atoms with Crippen molar-refractivity contribution in [2.24, 2.45) is 5.41 Å². The summed E-state index contributed by atoms with van der Waals surface area (Å²) in [6.45, 7) is 2.59. The summed E-state index contributed by atoms with van der Waals surface area (Å²) < 4.78 is 5.35. The second-order valence-electron chi connectivity index (χ2n) is 9.65. The van der Waals surface area contributed by atoms with Crippen LogP contribution < -0.4 is 4.74 Å². The summed E-state index contributed by atoms with van der Waals surface area (Å²) in [5, 5.41) is 22.8. The van der Waals surface area contributed by atoms with Crippen molar-refractivity contribution in [2.75, 3.05) is 32.5 Å². The normalized spacial score (nSPS) is 16.5. The van der Waals surface area contributed by atoms with Crippen LogP contribution in [-0.2, 0) is 4.79 Å². The summed E-state index contributed by atoms with van der Waals surface area (Å²) in [4.78, 5) is 19.6. The Morgan fingerprint density at radius 1 is 1.19 bits per heavy atom. The maximum atomic E-state index is 11.8. The molecule has 2 heterocycles. The largest absolute Gasteiger partial charge is 0.497 e. The zero-order valence-corrected chi connectivity index (χ0v) is 23.2. The van der Waals surface area contributed by atoms with Crippen molar-refractivity contribution >= 4 is 51.8 Å². The number of rotatable bonds is 11. The molecule has 4 rings (SSSR count). The Balaban J connectivity index is 1.39. The van der Waals surface area contributed by atoms with Crippen molar-refractivity contribution in [1.82, 2.24) is 9.88 Å². The van der Waals surface area contributed by atoms with Gasteiger partial charge in [-0.15, -0.1) is 11.8 Å². The fourth-order valence-electron chi connectivity index (χ4n) is 5.15. The second kappa shape index (κ2) is 12.7. The number of aromatic nitrogens is 1. The van der Waals surface area contributed by atoms with E-state index in [1.54, 1.807) is 25.1 Å². The van der Waals surface area contributed by atoms with Crippen molar-refractivity contribution in [3.63, 3.8) is 0 Å².